The van der Waals surface area contributed by atoms with Gasteiger partial charge in [0.2, 0.25) is 0 Å². The zero-order chi connectivity index (χ0) is 47.3. The predicted molar refractivity (Wildman–Crippen MR) is 262 cm³/mol. The average molecular weight is 925 g/mol. The van der Waals surface area contributed by atoms with Gasteiger partial charge in [-0.1, -0.05) is 177 Å². The van der Waals surface area contributed by atoms with Crippen LogP contribution in [0.15, 0.2) is 121 Å². The van der Waals surface area contributed by atoms with Gasteiger partial charge in [-0.15, -0.1) is 0 Å². The van der Waals surface area contributed by atoms with Crippen LogP contribution in [0.4, 0.5) is 0 Å². The predicted octanol–water partition coefficient (Wildman–Crippen LogP) is 8.50. The first-order valence-electron chi connectivity index (χ1n) is 24.1. The van der Waals surface area contributed by atoms with Crippen LogP contribution in [-0.2, 0) is 37.5 Å². The van der Waals surface area contributed by atoms with Gasteiger partial charge in [0.1, 0.15) is 0 Å². The molecule has 2 spiro atoms. The molecule has 6 saturated carbocycles. The van der Waals surface area contributed by atoms with Gasteiger partial charge >= 0.3 is 11.9 Å². The van der Waals surface area contributed by atoms with E-state index in [1.165, 1.54) is 34.6 Å². The molecule has 0 amide bonds. The Bertz CT molecular complexity index is 2320. The van der Waals surface area contributed by atoms with Gasteiger partial charge in [-0.2, -0.15) is 0 Å². The molecule has 10 heteroatoms. The zero-order valence-electron chi connectivity index (χ0n) is 40.5. The van der Waals surface area contributed by atoms with Gasteiger partial charge in [-0.05, 0) is 67.8 Å². The fraction of sp³-hybridized carbons (Fsp3) is 0.500. The van der Waals surface area contributed by atoms with Gasteiger partial charge in [0, 0.05) is 48.9 Å². The summed E-state index contributed by atoms with van der Waals surface area (Å²) >= 11 is 0. The van der Waals surface area contributed by atoms with Gasteiger partial charge in [-0.25, -0.2) is 0 Å². The van der Waals surface area contributed by atoms with Crippen LogP contribution in [0, 0.1) is 33.5 Å². The summed E-state index contributed by atoms with van der Waals surface area (Å²) in [4.78, 5) is 49.0. The molecule has 0 heterocycles. The SMILES string of the molecule is CC(=O)O[C@@H]1C(=O)C[C@@H]2C13CC[C@@H](O[Si](c1ccccc1)(c1ccccc1)C(C)(C)C)[C@@]23C.CC(=O)O[C@H]1C(=O)CC23CC[C@@H](O[Si](c4ccccc4)(c4ccccc4)C(C)(C)C)[C@@]2(C)[C@H]13. The Balaban J connectivity index is 0.000000166. The lowest BCUT2D eigenvalue weighted by atomic mass is 9.89. The van der Waals surface area contributed by atoms with E-state index in [9.17, 15) is 19.2 Å². The Morgan fingerprint density at radius 3 is 1.35 bits per heavy atom. The molecule has 10 rings (SSSR count). The van der Waals surface area contributed by atoms with E-state index in [1.54, 1.807) is 0 Å². The standard InChI is InChI=1S/2C28H34O4Si/c1-19(29)31-25-22(30)18-23-27(5)24(16-17-28(23,25)27)32-33(26(2,3)4,20-12-8-6-9-13-20)21-14-10-7-11-15-21;1-19(29)31-24-22(30)18-28-17-16-23(27(28,5)25(24)28)32-33(26(2,3)4,20-12-8-6-9-13-20)21-14-10-7-11-15-21/h2*6-15,23-25H,16-18H2,1-5H3/t2*23-,24+,25+,27+,28?/m01/s1. The summed E-state index contributed by atoms with van der Waals surface area (Å²) < 4.78 is 26.2. The Hall–Kier alpha value is -4.49. The third-order valence-electron chi connectivity index (χ3n) is 17.8. The van der Waals surface area contributed by atoms with E-state index in [1.807, 2.05) is 0 Å². The third-order valence-corrected chi connectivity index (χ3v) is 27.9. The molecule has 0 saturated heterocycles. The normalized spacial score (nSPS) is 32.9. The van der Waals surface area contributed by atoms with Crippen molar-refractivity contribution in [2.24, 2.45) is 33.5 Å². The highest BCUT2D eigenvalue weighted by molar-refractivity contribution is 7.00. The molecule has 2 unspecified atom stereocenters. The zero-order valence-corrected chi connectivity index (χ0v) is 42.5. The van der Waals surface area contributed by atoms with Crippen molar-refractivity contribution in [2.75, 3.05) is 0 Å². The lowest BCUT2D eigenvalue weighted by Gasteiger charge is -2.46. The highest BCUT2D eigenvalue weighted by atomic mass is 28.4. The van der Waals surface area contributed by atoms with Crippen LogP contribution in [0.2, 0.25) is 10.1 Å². The quantitative estimate of drug-likeness (QED) is 0.115. The maximum Gasteiger partial charge on any atom is 0.303 e. The highest BCUT2D eigenvalue weighted by Gasteiger charge is 2.88. The fourth-order valence-electron chi connectivity index (χ4n) is 15.0. The molecule has 6 fully saturated rings. The van der Waals surface area contributed by atoms with Crippen LogP contribution in [0.3, 0.4) is 0 Å². The fourth-order valence-corrected chi connectivity index (χ4v) is 24.6. The number of benzene rings is 4. The maximum absolute atomic E-state index is 12.7. The summed E-state index contributed by atoms with van der Waals surface area (Å²) in [6.07, 6.45) is 3.50. The van der Waals surface area contributed by atoms with E-state index in [-0.39, 0.29) is 79.3 Å². The number of hydrogen-bond acceptors (Lipinski definition) is 8. The van der Waals surface area contributed by atoms with Crippen LogP contribution in [0.25, 0.3) is 0 Å². The minimum atomic E-state index is -2.69. The molecule has 6 aliphatic carbocycles. The van der Waals surface area contributed by atoms with Crippen molar-refractivity contribution in [3.63, 3.8) is 0 Å². The molecule has 348 valence electrons. The Morgan fingerprint density at radius 1 is 0.561 bits per heavy atom. The average Bonchev–Trinajstić information content (AvgIpc) is 3.57. The van der Waals surface area contributed by atoms with E-state index in [2.05, 4.69) is 177 Å². The van der Waals surface area contributed by atoms with Crippen molar-refractivity contribution in [3.05, 3.63) is 121 Å². The molecule has 66 heavy (non-hydrogen) atoms. The Labute approximate surface area is 393 Å². The van der Waals surface area contributed by atoms with Crippen LogP contribution in [-0.4, -0.2) is 64.6 Å². The first-order valence-corrected chi connectivity index (χ1v) is 28.0. The molecule has 8 nitrogen and oxygen atoms in total. The second-order valence-corrected chi connectivity index (χ2v) is 31.2. The molecule has 0 N–H and O–H groups in total. The number of carbonyl (C=O) groups excluding carboxylic acids is 4. The third kappa shape index (κ3) is 6.54. The van der Waals surface area contributed by atoms with E-state index in [0.29, 0.717) is 12.8 Å². The van der Waals surface area contributed by atoms with Gasteiger partial charge in [0.25, 0.3) is 16.6 Å². The number of Topliss-reactive ketones (excluding diaryl/α,β-unsaturated/α-hetero) is 2. The van der Waals surface area contributed by atoms with Crippen molar-refractivity contribution in [3.8, 4) is 0 Å². The summed E-state index contributed by atoms with van der Waals surface area (Å²) in [6, 6.07) is 42.8. The first kappa shape index (κ1) is 46.6. The van der Waals surface area contributed by atoms with E-state index in [0.717, 1.165) is 25.7 Å². The van der Waals surface area contributed by atoms with Crippen molar-refractivity contribution in [2.45, 2.75) is 142 Å². The second-order valence-electron chi connectivity index (χ2n) is 22.7. The summed E-state index contributed by atoms with van der Waals surface area (Å²) in [5.74, 6) is -0.271. The van der Waals surface area contributed by atoms with Crippen molar-refractivity contribution < 1.29 is 37.5 Å². The summed E-state index contributed by atoms with van der Waals surface area (Å²) in [5.41, 5.74) is -0.631. The molecule has 0 radical (unpaired) electrons. The summed E-state index contributed by atoms with van der Waals surface area (Å²) in [6.45, 7) is 21.1. The highest BCUT2D eigenvalue weighted by Crippen LogP contribution is 2.85. The number of carbonyl (C=O) groups is 4. The lowest BCUT2D eigenvalue weighted by Crippen LogP contribution is -2.68. The molecule has 4 aromatic carbocycles. The van der Waals surface area contributed by atoms with Gasteiger partial charge in [0.15, 0.2) is 23.8 Å². The molecule has 0 bridgehead atoms. The first-order chi connectivity index (χ1) is 31.2. The second kappa shape index (κ2) is 16.1. The van der Waals surface area contributed by atoms with Gasteiger partial charge < -0.3 is 18.3 Å². The largest absolute Gasteiger partial charge is 0.454 e. The monoisotopic (exact) mass is 924 g/mol. The molecule has 0 aliphatic heterocycles. The molecular weight excluding hydrogens is 857 g/mol. The molecule has 0 aromatic heterocycles. The van der Waals surface area contributed by atoms with Crippen LogP contribution < -0.4 is 20.7 Å². The molecule has 6 aliphatic rings. The molecule has 4 aromatic rings. The van der Waals surface area contributed by atoms with Gasteiger partial charge in [-0.3, -0.25) is 19.2 Å². The van der Waals surface area contributed by atoms with Crippen LogP contribution in [0.5, 0.6) is 0 Å². The van der Waals surface area contributed by atoms with Crippen LogP contribution >= 0.6 is 0 Å². The minimum Gasteiger partial charge on any atom is -0.454 e. The maximum atomic E-state index is 12.7. The van der Waals surface area contributed by atoms with Crippen molar-refractivity contribution >= 4 is 60.9 Å². The summed E-state index contributed by atoms with van der Waals surface area (Å²) in [7, 11) is -5.38. The Morgan fingerprint density at radius 2 is 0.955 bits per heavy atom. The summed E-state index contributed by atoms with van der Waals surface area (Å²) in [5, 5.41) is 4.88. The number of ketones is 2. The Kier molecular flexibility index (Phi) is 11.3. The number of hydrogen-bond donors (Lipinski definition) is 0. The molecular formula is C56H68O8Si2. The number of esters is 2. The van der Waals surface area contributed by atoms with E-state index >= 15 is 0 Å². The van der Waals surface area contributed by atoms with Gasteiger partial charge in [0.05, 0.1) is 12.2 Å². The number of fused-ring (bicyclic) bond motifs is 2. The minimum absolute atomic E-state index is 0.0277. The molecule has 10 atom stereocenters. The lowest BCUT2D eigenvalue weighted by molar-refractivity contribution is -0.156. The van der Waals surface area contributed by atoms with Crippen molar-refractivity contribution in [1.29, 1.82) is 0 Å². The van der Waals surface area contributed by atoms with E-state index < -0.39 is 28.8 Å². The van der Waals surface area contributed by atoms with Crippen molar-refractivity contribution in [1.82, 2.24) is 0 Å². The van der Waals surface area contributed by atoms with E-state index in [4.69, 9.17) is 18.3 Å². The number of rotatable bonds is 10. The van der Waals surface area contributed by atoms with Crippen LogP contribution in [0.1, 0.15) is 108 Å². The topological polar surface area (TPSA) is 105 Å². The number of ether oxygens (including phenoxy) is 2. The smallest absolute Gasteiger partial charge is 0.303 e.